The summed E-state index contributed by atoms with van der Waals surface area (Å²) in [5.41, 5.74) is 3.84. The summed E-state index contributed by atoms with van der Waals surface area (Å²) in [6, 6.07) is 3.67. The van der Waals surface area contributed by atoms with E-state index < -0.39 is 35.4 Å². The van der Waals surface area contributed by atoms with Crippen LogP contribution >= 0.6 is 11.6 Å². The first-order valence-electron chi connectivity index (χ1n) is 5.22. The maximum absolute atomic E-state index is 12.0. The third-order valence-corrected chi connectivity index (χ3v) is 4.46. The van der Waals surface area contributed by atoms with Crippen LogP contribution in [-0.4, -0.2) is 49.1 Å². The molecule has 7 nitrogen and oxygen atoms in total. The maximum atomic E-state index is 12.0. The lowest BCUT2D eigenvalue weighted by molar-refractivity contribution is 0.0582. The molecular formula is C10H15ClN2O5S. The number of benzene rings is 1. The first-order valence-corrected chi connectivity index (χ1v) is 7.08. The molecule has 0 heterocycles. The van der Waals surface area contributed by atoms with E-state index in [1.807, 2.05) is 4.72 Å². The third-order valence-electron chi connectivity index (χ3n) is 2.54. The molecule has 0 aliphatic carbocycles. The van der Waals surface area contributed by atoms with Crippen molar-refractivity contribution in [3.63, 3.8) is 0 Å². The summed E-state index contributed by atoms with van der Waals surface area (Å²) in [5.74, 6) is 0. The topological polar surface area (TPSA) is 133 Å². The molecule has 9 heteroatoms. The fourth-order valence-electron chi connectivity index (χ4n) is 1.28. The molecular weight excluding hydrogens is 296 g/mol. The summed E-state index contributed by atoms with van der Waals surface area (Å²) in [4.78, 5) is -0.186. The van der Waals surface area contributed by atoms with Crippen LogP contribution in [0.3, 0.4) is 0 Å². The molecule has 0 spiro atoms. The van der Waals surface area contributed by atoms with Crippen molar-refractivity contribution < 1.29 is 23.7 Å². The summed E-state index contributed by atoms with van der Waals surface area (Å²) in [7, 11) is -4.06. The van der Waals surface area contributed by atoms with Gasteiger partial charge in [-0.2, -0.15) is 4.72 Å². The summed E-state index contributed by atoms with van der Waals surface area (Å²) in [6.07, 6.45) is 0. The lowest BCUT2D eigenvalue weighted by atomic mass is 10.1. The Morgan fingerprint density at radius 3 is 2.16 bits per heavy atom. The zero-order valence-corrected chi connectivity index (χ0v) is 11.4. The molecule has 0 unspecified atom stereocenters. The Morgan fingerprint density at radius 1 is 1.21 bits per heavy atom. The minimum Gasteiger partial charge on any atom is -0.397 e. The van der Waals surface area contributed by atoms with Crippen molar-refractivity contribution in [3.8, 4) is 0 Å². The average Bonchev–Trinajstić information content (AvgIpc) is 2.39. The van der Waals surface area contributed by atoms with Gasteiger partial charge in [0.1, 0.15) is 5.54 Å². The molecule has 19 heavy (non-hydrogen) atoms. The van der Waals surface area contributed by atoms with Gasteiger partial charge >= 0.3 is 0 Å². The molecule has 1 rings (SSSR count). The monoisotopic (exact) mass is 310 g/mol. The normalized spacial score (nSPS) is 12.6. The molecule has 0 aliphatic heterocycles. The highest BCUT2D eigenvalue weighted by molar-refractivity contribution is 7.89. The van der Waals surface area contributed by atoms with E-state index in [-0.39, 0.29) is 15.6 Å². The van der Waals surface area contributed by atoms with Crippen LogP contribution in [0.4, 0.5) is 5.69 Å². The lowest BCUT2D eigenvalue weighted by Gasteiger charge is -2.28. The van der Waals surface area contributed by atoms with Gasteiger partial charge in [-0.1, -0.05) is 11.6 Å². The van der Waals surface area contributed by atoms with Gasteiger partial charge in [0.15, 0.2) is 0 Å². The number of nitrogens with two attached hydrogens (primary N) is 1. The van der Waals surface area contributed by atoms with Crippen LogP contribution < -0.4 is 10.5 Å². The van der Waals surface area contributed by atoms with Gasteiger partial charge in [0.25, 0.3) is 0 Å². The Labute approximate surface area is 115 Å². The van der Waals surface area contributed by atoms with E-state index in [2.05, 4.69) is 0 Å². The van der Waals surface area contributed by atoms with Gasteiger partial charge in [-0.15, -0.1) is 0 Å². The Hall–Kier alpha value is -0.900. The molecule has 0 saturated heterocycles. The van der Waals surface area contributed by atoms with E-state index in [1.165, 1.54) is 12.1 Å². The number of aliphatic hydroxyl groups is 3. The number of nitrogen functional groups attached to an aromatic ring is 1. The van der Waals surface area contributed by atoms with E-state index in [9.17, 15) is 8.42 Å². The number of sulfonamides is 1. The second-order valence-corrected chi connectivity index (χ2v) is 6.13. The van der Waals surface area contributed by atoms with Gasteiger partial charge in [0, 0.05) is 0 Å². The lowest BCUT2D eigenvalue weighted by Crippen LogP contribution is -2.56. The Morgan fingerprint density at radius 2 is 1.74 bits per heavy atom. The number of hydrogen-bond acceptors (Lipinski definition) is 6. The van der Waals surface area contributed by atoms with Crippen molar-refractivity contribution in [1.82, 2.24) is 4.72 Å². The van der Waals surface area contributed by atoms with Gasteiger partial charge < -0.3 is 21.1 Å². The first kappa shape index (κ1) is 16.2. The minimum absolute atomic E-state index is 0.0761. The predicted molar refractivity (Wildman–Crippen MR) is 70.2 cm³/mol. The van der Waals surface area contributed by atoms with E-state index >= 15 is 0 Å². The molecule has 0 fully saturated rings. The molecule has 0 radical (unpaired) electrons. The largest absolute Gasteiger partial charge is 0.397 e. The highest BCUT2D eigenvalue weighted by atomic mass is 35.5. The molecule has 1 aromatic rings. The van der Waals surface area contributed by atoms with Gasteiger partial charge in [-0.25, -0.2) is 8.42 Å². The smallest absolute Gasteiger partial charge is 0.241 e. The molecule has 0 saturated carbocycles. The summed E-state index contributed by atoms with van der Waals surface area (Å²) < 4.78 is 26.1. The molecule has 0 aromatic heterocycles. The first-order chi connectivity index (χ1) is 8.80. The van der Waals surface area contributed by atoms with Gasteiger partial charge in [-0.3, -0.25) is 0 Å². The quantitative estimate of drug-likeness (QED) is 0.424. The maximum Gasteiger partial charge on any atom is 0.241 e. The van der Waals surface area contributed by atoms with E-state index in [1.54, 1.807) is 0 Å². The number of anilines is 1. The number of nitrogens with one attached hydrogen (secondary N) is 1. The van der Waals surface area contributed by atoms with Crippen molar-refractivity contribution in [2.24, 2.45) is 0 Å². The van der Waals surface area contributed by atoms with Crippen LogP contribution in [-0.2, 0) is 10.0 Å². The molecule has 0 aliphatic rings. The fourth-order valence-corrected chi connectivity index (χ4v) is 2.81. The van der Waals surface area contributed by atoms with Crippen LogP contribution in [0, 0.1) is 0 Å². The molecule has 1 aromatic carbocycles. The van der Waals surface area contributed by atoms with E-state index in [0.29, 0.717) is 0 Å². The highest BCUT2D eigenvalue weighted by Crippen LogP contribution is 2.23. The van der Waals surface area contributed by atoms with Crippen molar-refractivity contribution >= 4 is 27.3 Å². The minimum atomic E-state index is -4.06. The molecule has 108 valence electrons. The molecule has 0 bridgehead atoms. The number of aliphatic hydroxyl groups excluding tert-OH is 3. The zero-order valence-electron chi connectivity index (χ0n) is 9.88. The SMILES string of the molecule is Nc1cc(S(=O)(=O)NC(CO)(CO)CO)ccc1Cl. The standard InChI is InChI=1S/C10H15ClN2O5S/c11-8-2-1-7(3-9(8)12)19(17,18)13-10(4-14,5-15)6-16/h1-3,13-16H,4-6,12H2. The van der Waals surface area contributed by atoms with Crippen LogP contribution in [0.5, 0.6) is 0 Å². The Bertz CT molecular complexity index is 537. The van der Waals surface area contributed by atoms with Crippen molar-refractivity contribution in [2.75, 3.05) is 25.6 Å². The van der Waals surface area contributed by atoms with Crippen LogP contribution in [0.25, 0.3) is 0 Å². The molecule has 0 amide bonds. The second-order valence-electron chi connectivity index (χ2n) is 4.04. The molecule has 0 atom stereocenters. The van der Waals surface area contributed by atoms with Gasteiger partial charge in [0.05, 0.1) is 35.4 Å². The average molecular weight is 311 g/mol. The van der Waals surface area contributed by atoms with E-state index in [0.717, 1.165) is 6.07 Å². The van der Waals surface area contributed by atoms with E-state index in [4.69, 9.17) is 32.7 Å². The number of rotatable bonds is 6. The van der Waals surface area contributed by atoms with Crippen molar-refractivity contribution in [3.05, 3.63) is 23.2 Å². The number of halogens is 1. The van der Waals surface area contributed by atoms with Crippen molar-refractivity contribution in [1.29, 1.82) is 0 Å². The summed E-state index contributed by atoms with van der Waals surface area (Å²) >= 11 is 5.69. The summed E-state index contributed by atoms with van der Waals surface area (Å²) in [5, 5.41) is 27.5. The third kappa shape index (κ3) is 3.56. The molecule has 6 N–H and O–H groups in total. The van der Waals surface area contributed by atoms with Gasteiger partial charge in [0.2, 0.25) is 10.0 Å². The Balaban J connectivity index is 3.14. The Kier molecular flexibility index (Phi) is 5.13. The van der Waals surface area contributed by atoms with Crippen LogP contribution in [0.1, 0.15) is 0 Å². The predicted octanol–water partition coefficient (Wildman–Crippen LogP) is -1.08. The van der Waals surface area contributed by atoms with Crippen LogP contribution in [0.2, 0.25) is 5.02 Å². The summed E-state index contributed by atoms with van der Waals surface area (Å²) in [6.45, 7) is -2.28. The van der Waals surface area contributed by atoms with Gasteiger partial charge in [-0.05, 0) is 18.2 Å². The second kappa shape index (κ2) is 6.04. The highest BCUT2D eigenvalue weighted by Gasteiger charge is 2.34. The number of hydrogen-bond donors (Lipinski definition) is 5. The zero-order chi connectivity index (χ0) is 14.7. The fraction of sp³-hybridized carbons (Fsp3) is 0.400. The van der Waals surface area contributed by atoms with Crippen LogP contribution in [0.15, 0.2) is 23.1 Å². The van der Waals surface area contributed by atoms with Crippen molar-refractivity contribution in [2.45, 2.75) is 10.4 Å².